The van der Waals surface area contributed by atoms with Crippen LogP contribution >= 0.6 is 0 Å². The van der Waals surface area contributed by atoms with Crippen LogP contribution in [0.15, 0.2) is 29.0 Å². The van der Waals surface area contributed by atoms with Gasteiger partial charge in [0.2, 0.25) is 5.95 Å². The number of rotatable bonds is 4. The summed E-state index contributed by atoms with van der Waals surface area (Å²) >= 11 is 0. The molecule has 0 saturated carbocycles. The molecule has 0 unspecified atom stereocenters. The van der Waals surface area contributed by atoms with Crippen LogP contribution in [0.4, 0.5) is 11.6 Å². The standard InChI is InChI=1S/C10H10N4O3/c1-2-11-10-12-6-7(14(15)16)9(13-10)8-4-3-5-17-8/h3-6H,2H2,1H3,(H,11,12,13). The van der Waals surface area contributed by atoms with Crippen LogP contribution in [0.3, 0.4) is 0 Å². The van der Waals surface area contributed by atoms with Crippen LogP contribution in [0.1, 0.15) is 6.92 Å². The van der Waals surface area contributed by atoms with Gasteiger partial charge in [0, 0.05) is 6.54 Å². The minimum Gasteiger partial charge on any atom is -0.462 e. The normalized spacial score (nSPS) is 10.2. The van der Waals surface area contributed by atoms with Gasteiger partial charge in [-0.25, -0.2) is 9.97 Å². The van der Waals surface area contributed by atoms with Crippen LogP contribution in [0.2, 0.25) is 0 Å². The zero-order chi connectivity index (χ0) is 12.3. The van der Waals surface area contributed by atoms with E-state index in [0.717, 1.165) is 0 Å². The fourth-order valence-corrected chi connectivity index (χ4v) is 1.35. The van der Waals surface area contributed by atoms with Crippen LogP contribution in [0, 0.1) is 10.1 Å². The van der Waals surface area contributed by atoms with Crippen molar-refractivity contribution < 1.29 is 9.34 Å². The molecule has 17 heavy (non-hydrogen) atoms. The van der Waals surface area contributed by atoms with E-state index in [1.54, 1.807) is 12.1 Å². The second-order valence-corrected chi connectivity index (χ2v) is 3.19. The summed E-state index contributed by atoms with van der Waals surface area (Å²) in [5, 5.41) is 13.7. The number of nitrogens with one attached hydrogen (secondary N) is 1. The third-order valence-electron chi connectivity index (χ3n) is 2.06. The first-order chi connectivity index (χ1) is 8.22. The Balaban J connectivity index is 2.52. The van der Waals surface area contributed by atoms with Gasteiger partial charge < -0.3 is 9.73 Å². The lowest BCUT2D eigenvalue weighted by atomic mass is 10.3. The zero-order valence-electron chi connectivity index (χ0n) is 9.08. The Kier molecular flexibility index (Phi) is 2.99. The van der Waals surface area contributed by atoms with E-state index in [2.05, 4.69) is 15.3 Å². The zero-order valence-corrected chi connectivity index (χ0v) is 9.08. The molecule has 1 N–H and O–H groups in total. The molecule has 2 aromatic heterocycles. The van der Waals surface area contributed by atoms with E-state index >= 15 is 0 Å². The van der Waals surface area contributed by atoms with Crippen molar-refractivity contribution in [1.29, 1.82) is 0 Å². The maximum absolute atomic E-state index is 10.8. The van der Waals surface area contributed by atoms with Gasteiger partial charge in [0.05, 0.1) is 11.2 Å². The molecular weight excluding hydrogens is 224 g/mol. The predicted molar refractivity (Wildman–Crippen MR) is 60.6 cm³/mol. The average molecular weight is 234 g/mol. The topological polar surface area (TPSA) is 94.1 Å². The van der Waals surface area contributed by atoms with Crippen LogP contribution in [-0.2, 0) is 0 Å². The molecule has 2 rings (SSSR count). The first-order valence-corrected chi connectivity index (χ1v) is 5.01. The second kappa shape index (κ2) is 4.60. The van der Waals surface area contributed by atoms with Gasteiger partial charge in [-0.2, -0.15) is 0 Å². The highest BCUT2D eigenvalue weighted by Gasteiger charge is 2.20. The van der Waals surface area contributed by atoms with E-state index in [1.165, 1.54) is 12.5 Å². The summed E-state index contributed by atoms with van der Waals surface area (Å²) in [5.74, 6) is 0.683. The van der Waals surface area contributed by atoms with Gasteiger partial charge in [-0.05, 0) is 19.1 Å². The maximum atomic E-state index is 10.8. The van der Waals surface area contributed by atoms with Crippen molar-refractivity contribution in [3.8, 4) is 11.5 Å². The number of nitrogens with zero attached hydrogens (tertiary/aromatic N) is 3. The number of hydrogen-bond acceptors (Lipinski definition) is 6. The fourth-order valence-electron chi connectivity index (χ4n) is 1.35. The lowest BCUT2D eigenvalue weighted by Crippen LogP contribution is -2.04. The number of furan rings is 1. The lowest BCUT2D eigenvalue weighted by Gasteiger charge is -2.03. The Morgan fingerprint density at radius 3 is 3.00 bits per heavy atom. The lowest BCUT2D eigenvalue weighted by molar-refractivity contribution is -0.384. The summed E-state index contributed by atoms with van der Waals surface area (Å²) in [6.07, 6.45) is 2.61. The Bertz CT molecular complexity index is 524. The second-order valence-electron chi connectivity index (χ2n) is 3.19. The van der Waals surface area contributed by atoms with Gasteiger partial charge >= 0.3 is 5.69 Å². The van der Waals surface area contributed by atoms with Gasteiger partial charge in [-0.1, -0.05) is 0 Å². The Hall–Kier alpha value is -2.44. The van der Waals surface area contributed by atoms with Gasteiger partial charge in [-0.15, -0.1) is 0 Å². The minimum atomic E-state index is -0.534. The van der Waals surface area contributed by atoms with Crippen LogP contribution in [0.5, 0.6) is 0 Å². The minimum absolute atomic E-state index is 0.172. The Morgan fingerprint density at radius 1 is 1.59 bits per heavy atom. The number of nitro groups is 1. The highest BCUT2D eigenvalue weighted by molar-refractivity contribution is 5.65. The molecule has 0 bridgehead atoms. The van der Waals surface area contributed by atoms with E-state index in [1.807, 2.05) is 6.92 Å². The van der Waals surface area contributed by atoms with E-state index in [0.29, 0.717) is 18.3 Å². The molecule has 0 atom stereocenters. The number of hydrogen-bond donors (Lipinski definition) is 1. The molecule has 2 heterocycles. The van der Waals surface area contributed by atoms with Crippen LogP contribution in [-0.4, -0.2) is 21.4 Å². The predicted octanol–water partition coefficient (Wildman–Crippen LogP) is 2.08. The van der Waals surface area contributed by atoms with Crippen molar-refractivity contribution in [2.45, 2.75) is 6.92 Å². The van der Waals surface area contributed by atoms with Crippen molar-refractivity contribution in [3.05, 3.63) is 34.7 Å². The summed E-state index contributed by atoms with van der Waals surface area (Å²) in [7, 11) is 0. The summed E-state index contributed by atoms with van der Waals surface area (Å²) in [6.45, 7) is 2.52. The van der Waals surface area contributed by atoms with Crippen LogP contribution < -0.4 is 5.32 Å². The highest BCUT2D eigenvalue weighted by Crippen LogP contribution is 2.28. The van der Waals surface area contributed by atoms with Crippen molar-refractivity contribution >= 4 is 11.6 Å². The molecule has 0 aliphatic carbocycles. The maximum Gasteiger partial charge on any atom is 0.317 e. The van der Waals surface area contributed by atoms with Gasteiger partial charge in [-0.3, -0.25) is 10.1 Å². The highest BCUT2D eigenvalue weighted by atomic mass is 16.6. The molecule has 2 aromatic rings. The first-order valence-electron chi connectivity index (χ1n) is 5.01. The fraction of sp³-hybridized carbons (Fsp3) is 0.200. The molecule has 0 spiro atoms. The summed E-state index contributed by atoms with van der Waals surface area (Å²) in [5.41, 5.74) is -0.00690. The molecule has 0 aliphatic rings. The molecule has 7 nitrogen and oxygen atoms in total. The molecule has 88 valence electrons. The van der Waals surface area contributed by atoms with Crippen molar-refractivity contribution in [2.24, 2.45) is 0 Å². The SMILES string of the molecule is CCNc1ncc([N+](=O)[O-])c(-c2ccco2)n1. The van der Waals surface area contributed by atoms with E-state index in [9.17, 15) is 10.1 Å². The molecule has 7 heteroatoms. The number of aromatic nitrogens is 2. The molecule has 0 saturated heterocycles. The number of anilines is 1. The molecule has 0 aliphatic heterocycles. The largest absolute Gasteiger partial charge is 0.462 e. The monoisotopic (exact) mass is 234 g/mol. The molecule has 0 radical (unpaired) electrons. The Labute approximate surface area is 96.7 Å². The average Bonchev–Trinajstić information content (AvgIpc) is 2.82. The van der Waals surface area contributed by atoms with Crippen molar-refractivity contribution in [2.75, 3.05) is 11.9 Å². The third kappa shape index (κ3) is 2.22. The molecule has 0 fully saturated rings. The molecular formula is C10H10N4O3. The molecule has 0 aromatic carbocycles. The van der Waals surface area contributed by atoms with Gasteiger partial charge in [0.1, 0.15) is 6.20 Å². The first kappa shape index (κ1) is 11.1. The van der Waals surface area contributed by atoms with E-state index in [4.69, 9.17) is 4.42 Å². The summed E-state index contributed by atoms with van der Waals surface area (Å²) in [6, 6.07) is 3.26. The van der Waals surface area contributed by atoms with Gasteiger partial charge in [0.25, 0.3) is 0 Å². The summed E-state index contributed by atoms with van der Waals surface area (Å²) < 4.78 is 5.12. The third-order valence-corrected chi connectivity index (χ3v) is 2.06. The van der Waals surface area contributed by atoms with Crippen molar-refractivity contribution in [1.82, 2.24) is 9.97 Å². The van der Waals surface area contributed by atoms with Gasteiger partial charge in [0.15, 0.2) is 11.5 Å². The van der Waals surface area contributed by atoms with E-state index < -0.39 is 4.92 Å². The smallest absolute Gasteiger partial charge is 0.317 e. The van der Waals surface area contributed by atoms with Crippen molar-refractivity contribution in [3.63, 3.8) is 0 Å². The van der Waals surface area contributed by atoms with Crippen LogP contribution in [0.25, 0.3) is 11.5 Å². The molecule has 0 amide bonds. The van der Waals surface area contributed by atoms with E-state index in [-0.39, 0.29) is 11.4 Å². The summed E-state index contributed by atoms with van der Waals surface area (Å²) in [4.78, 5) is 18.2. The quantitative estimate of drug-likeness (QED) is 0.642. The Morgan fingerprint density at radius 2 is 2.41 bits per heavy atom.